The van der Waals surface area contributed by atoms with Gasteiger partial charge < -0.3 is 5.73 Å². The van der Waals surface area contributed by atoms with Crippen molar-refractivity contribution in [1.82, 2.24) is 9.03 Å². The van der Waals surface area contributed by atoms with Crippen LogP contribution < -0.4 is 10.5 Å². The summed E-state index contributed by atoms with van der Waals surface area (Å²) >= 11 is 0. The summed E-state index contributed by atoms with van der Waals surface area (Å²) < 4.78 is 29.3. The van der Waals surface area contributed by atoms with Gasteiger partial charge in [-0.15, -0.1) is 12.4 Å². The molecule has 0 radical (unpaired) electrons. The van der Waals surface area contributed by atoms with Crippen LogP contribution >= 0.6 is 12.4 Å². The molecule has 2 rings (SSSR count). The summed E-state index contributed by atoms with van der Waals surface area (Å²) in [5, 5.41) is 0. The molecule has 1 saturated carbocycles. The predicted octanol–water partition coefficient (Wildman–Crippen LogP) is 1.49. The fraction of sp³-hybridized carbons (Fsp3) is 1.00. The highest BCUT2D eigenvalue weighted by atomic mass is 35.5. The maximum Gasteiger partial charge on any atom is 0.279 e. The zero-order valence-electron chi connectivity index (χ0n) is 12.3. The highest BCUT2D eigenvalue weighted by Gasteiger charge is 2.32. The number of hydrogen-bond acceptors (Lipinski definition) is 3. The van der Waals surface area contributed by atoms with Crippen LogP contribution in [0.3, 0.4) is 0 Å². The molecule has 0 spiro atoms. The molecule has 7 heteroatoms. The molecule has 2 aliphatic rings. The van der Waals surface area contributed by atoms with Crippen molar-refractivity contribution < 1.29 is 8.42 Å². The lowest BCUT2D eigenvalue weighted by Crippen LogP contribution is -2.52. The molecule has 20 heavy (non-hydrogen) atoms. The number of rotatable bonds is 5. The largest absolute Gasteiger partial charge is 0.329 e. The standard InChI is InChI=1S/C13H27N3O2S.ClH/c1-11-5-4-8-16(10-11)19(17,18)15-13(9-14)12-6-2-3-7-12;/h11-13,15H,2-10,14H2,1H3;1H. The van der Waals surface area contributed by atoms with Crippen LogP contribution in [0, 0.1) is 11.8 Å². The topological polar surface area (TPSA) is 75.4 Å². The van der Waals surface area contributed by atoms with Gasteiger partial charge in [0.25, 0.3) is 10.2 Å². The lowest BCUT2D eigenvalue weighted by molar-refractivity contribution is 0.273. The molecule has 1 saturated heterocycles. The van der Waals surface area contributed by atoms with E-state index in [0.29, 0.717) is 31.5 Å². The SMILES string of the molecule is CC1CCCN(S(=O)(=O)NC(CN)C2CCCC2)C1.Cl. The maximum absolute atomic E-state index is 12.4. The van der Waals surface area contributed by atoms with Crippen LogP contribution in [0.1, 0.15) is 45.4 Å². The van der Waals surface area contributed by atoms with Gasteiger partial charge in [-0.3, -0.25) is 0 Å². The molecule has 0 aromatic heterocycles. The predicted molar refractivity (Wildman–Crippen MR) is 84.1 cm³/mol. The molecule has 2 unspecified atom stereocenters. The van der Waals surface area contributed by atoms with Crippen LogP contribution in [0.25, 0.3) is 0 Å². The van der Waals surface area contributed by atoms with Crippen molar-refractivity contribution in [3.8, 4) is 0 Å². The van der Waals surface area contributed by atoms with E-state index in [9.17, 15) is 8.42 Å². The van der Waals surface area contributed by atoms with Crippen LogP contribution in [-0.2, 0) is 10.2 Å². The fourth-order valence-electron chi connectivity index (χ4n) is 3.33. The third kappa shape index (κ3) is 4.56. The van der Waals surface area contributed by atoms with Gasteiger partial charge in [-0.1, -0.05) is 19.8 Å². The molecule has 1 heterocycles. The maximum atomic E-state index is 12.4. The van der Waals surface area contributed by atoms with Crippen molar-refractivity contribution in [2.75, 3.05) is 19.6 Å². The minimum absolute atomic E-state index is 0. The van der Waals surface area contributed by atoms with E-state index >= 15 is 0 Å². The second-order valence-corrected chi connectivity index (χ2v) is 7.82. The number of nitrogens with zero attached hydrogens (tertiary/aromatic N) is 1. The van der Waals surface area contributed by atoms with Gasteiger partial charge >= 0.3 is 0 Å². The Hall–Kier alpha value is 0.120. The Morgan fingerprint density at radius 3 is 2.45 bits per heavy atom. The molecule has 120 valence electrons. The summed E-state index contributed by atoms with van der Waals surface area (Å²) in [4.78, 5) is 0. The first-order chi connectivity index (χ1) is 9.03. The number of nitrogens with two attached hydrogens (primary N) is 1. The van der Waals surface area contributed by atoms with Gasteiger partial charge in [-0.05, 0) is 37.5 Å². The van der Waals surface area contributed by atoms with Gasteiger partial charge in [0.05, 0.1) is 0 Å². The Balaban J connectivity index is 0.00000200. The smallest absolute Gasteiger partial charge is 0.279 e. The van der Waals surface area contributed by atoms with Gasteiger partial charge in [0.1, 0.15) is 0 Å². The van der Waals surface area contributed by atoms with E-state index in [1.165, 1.54) is 12.8 Å². The molecule has 5 nitrogen and oxygen atoms in total. The first kappa shape index (κ1) is 18.2. The molecule has 0 aromatic rings. The lowest BCUT2D eigenvalue weighted by atomic mass is 9.99. The van der Waals surface area contributed by atoms with Gasteiger partial charge in [0.15, 0.2) is 0 Å². The molecule has 0 aromatic carbocycles. The van der Waals surface area contributed by atoms with Gasteiger partial charge in [0.2, 0.25) is 0 Å². The van der Waals surface area contributed by atoms with E-state index in [4.69, 9.17) is 5.73 Å². The number of nitrogens with one attached hydrogen (secondary N) is 1. The molecule has 1 aliphatic heterocycles. The van der Waals surface area contributed by atoms with E-state index in [-0.39, 0.29) is 18.4 Å². The Bertz CT molecular complexity index is 385. The van der Waals surface area contributed by atoms with Crippen LogP contribution in [0.15, 0.2) is 0 Å². The van der Waals surface area contributed by atoms with Crippen LogP contribution in [0.2, 0.25) is 0 Å². The average Bonchev–Trinajstić information content (AvgIpc) is 2.90. The molecule has 3 N–H and O–H groups in total. The van der Waals surface area contributed by atoms with Crippen molar-refractivity contribution in [3.63, 3.8) is 0 Å². The summed E-state index contributed by atoms with van der Waals surface area (Å²) in [6.45, 7) is 3.78. The van der Waals surface area contributed by atoms with Crippen molar-refractivity contribution in [1.29, 1.82) is 0 Å². The first-order valence-corrected chi connectivity index (χ1v) is 8.94. The fourth-order valence-corrected chi connectivity index (χ4v) is 4.97. The second kappa shape index (κ2) is 7.94. The van der Waals surface area contributed by atoms with Gasteiger partial charge in [-0.2, -0.15) is 17.4 Å². The number of piperidine rings is 1. The molecule has 2 atom stereocenters. The van der Waals surface area contributed by atoms with Gasteiger partial charge in [0, 0.05) is 25.7 Å². The zero-order valence-corrected chi connectivity index (χ0v) is 13.9. The third-order valence-electron chi connectivity index (χ3n) is 4.48. The minimum Gasteiger partial charge on any atom is -0.329 e. The Kier molecular flexibility index (Phi) is 7.21. The van der Waals surface area contributed by atoms with Crippen molar-refractivity contribution in [2.24, 2.45) is 17.6 Å². The van der Waals surface area contributed by atoms with E-state index < -0.39 is 10.2 Å². The van der Waals surface area contributed by atoms with Crippen molar-refractivity contribution >= 4 is 22.6 Å². The molecule has 1 aliphatic carbocycles. The molecule has 2 fully saturated rings. The van der Waals surface area contributed by atoms with E-state index in [1.54, 1.807) is 4.31 Å². The molecule has 0 amide bonds. The highest BCUT2D eigenvalue weighted by Crippen LogP contribution is 2.28. The molecular formula is C13H28ClN3O2S. The Morgan fingerprint density at radius 2 is 1.90 bits per heavy atom. The minimum atomic E-state index is -3.36. The average molecular weight is 326 g/mol. The van der Waals surface area contributed by atoms with Crippen molar-refractivity contribution in [2.45, 2.75) is 51.5 Å². The monoisotopic (exact) mass is 325 g/mol. The normalized spacial score (nSPS) is 27.2. The Morgan fingerprint density at radius 1 is 1.25 bits per heavy atom. The van der Waals surface area contributed by atoms with Crippen LogP contribution in [0.4, 0.5) is 0 Å². The quantitative estimate of drug-likeness (QED) is 0.804. The van der Waals surface area contributed by atoms with Crippen LogP contribution in [0.5, 0.6) is 0 Å². The summed E-state index contributed by atoms with van der Waals surface area (Å²) in [6.07, 6.45) is 6.67. The molecular weight excluding hydrogens is 298 g/mol. The second-order valence-electron chi connectivity index (χ2n) is 6.12. The highest BCUT2D eigenvalue weighted by molar-refractivity contribution is 7.87. The first-order valence-electron chi connectivity index (χ1n) is 7.50. The number of halogens is 1. The lowest BCUT2D eigenvalue weighted by Gasteiger charge is -2.32. The van der Waals surface area contributed by atoms with E-state index in [0.717, 1.165) is 25.7 Å². The third-order valence-corrected chi connectivity index (χ3v) is 6.09. The summed E-state index contributed by atoms with van der Waals surface area (Å²) in [5.74, 6) is 0.870. The van der Waals surface area contributed by atoms with Gasteiger partial charge in [-0.25, -0.2) is 0 Å². The zero-order chi connectivity index (χ0) is 13.9. The van der Waals surface area contributed by atoms with E-state index in [2.05, 4.69) is 11.6 Å². The van der Waals surface area contributed by atoms with E-state index in [1.807, 2.05) is 0 Å². The summed E-state index contributed by atoms with van der Waals surface area (Å²) in [5.41, 5.74) is 5.77. The van der Waals surface area contributed by atoms with Crippen LogP contribution in [-0.4, -0.2) is 38.4 Å². The molecule has 0 bridgehead atoms. The summed E-state index contributed by atoms with van der Waals surface area (Å²) in [7, 11) is -3.36. The summed E-state index contributed by atoms with van der Waals surface area (Å²) in [6, 6.07) is -0.0928. The number of hydrogen-bond donors (Lipinski definition) is 2. The van der Waals surface area contributed by atoms with Crippen molar-refractivity contribution in [3.05, 3.63) is 0 Å². The Labute approximate surface area is 129 Å².